The minimum Gasteiger partial charge on any atom is -0.400 e. The maximum Gasteiger partial charge on any atom is 0.246 e. The van der Waals surface area contributed by atoms with Crippen LogP contribution in [0.2, 0.25) is 0 Å². The zero-order valence-corrected chi connectivity index (χ0v) is 16.4. The number of allylic oxidation sites excluding steroid dienone is 2. The molecule has 5 nitrogen and oxygen atoms in total. The van der Waals surface area contributed by atoms with Crippen LogP contribution in [0.3, 0.4) is 0 Å². The summed E-state index contributed by atoms with van der Waals surface area (Å²) in [6.07, 6.45) is 3.68. The summed E-state index contributed by atoms with van der Waals surface area (Å²) in [5, 5.41) is 0. The summed E-state index contributed by atoms with van der Waals surface area (Å²) in [6.45, 7) is 3.98. The van der Waals surface area contributed by atoms with Crippen LogP contribution in [-0.2, 0) is 9.53 Å². The molecule has 0 heterocycles. The van der Waals surface area contributed by atoms with E-state index in [1.165, 1.54) is 12.1 Å². The Labute approximate surface area is 164 Å². The highest BCUT2D eigenvalue weighted by Gasteiger charge is 2.30. The van der Waals surface area contributed by atoms with Crippen molar-refractivity contribution in [1.82, 2.24) is 0 Å². The van der Waals surface area contributed by atoms with Gasteiger partial charge in [0.25, 0.3) is 0 Å². The predicted molar refractivity (Wildman–Crippen MR) is 106 cm³/mol. The molecule has 0 saturated carbocycles. The van der Waals surface area contributed by atoms with Crippen molar-refractivity contribution in [3.63, 3.8) is 0 Å². The molecule has 3 atom stereocenters. The van der Waals surface area contributed by atoms with Gasteiger partial charge in [0.1, 0.15) is 17.7 Å². The van der Waals surface area contributed by atoms with E-state index in [1.807, 2.05) is 13.8 Å². The Hall–Kier alpha value is -2.41. The molecule has 0 aliphatic heterocycles. The zero-order valence-electron chi connectivity index (χ0n) is 16.4. The van der Waals surface area contributed by atoms with Gasteiger partial charge in [0, 0.05) is 11.4 Å². The summed E-state index contributed by atoms with van der Waals surface area (Å²) in [5.74, 6) is -1.75. The summed E-state index contributed by atoms with van der Waals surface area (Å²) in [6, 6.07) is 3.59. The van der Waals surface area contributed by atoms with Gasteiger partial charge >= 0.3 is 0 Å². The van der Waals surface area contributed by atoms with Gasteiger partial charge in [0.15, 0.2) is 0 Å². The fraction of sp³-hybridized carbons (Fsp3) is 0.476. The van der Waals surface area contributed by atoms with E-state index >= 15 is 0 Å². The lowest BCUT2D eigenvalue weighted by molar-refractivity contribution is -0.133. The number of benzene rings is 1. The summed E-state index contributed by atoms with van der Waals surface area (Å²) in [5.41, 5.74) is 18.5. The third-order valence-corrected chi connectivity index (χ3v) is 5.13. The number of halogens is 2. The quantitative estimate of drug-likeness (QED) is 0.630. The number of rotatable bonds is 8. The molecule has 1 aromatic carbocycles. The smallest absolute Gasteiger partial charge is 0.246 e. The molecule has 0 fully saturated rings. The summed E-state index contributed by atoms with van der Waals surface area (Å²) >= 11 is 0. The van der Waals surface area contributed by atoms with Gasteiger partial charge in [-0.1, -0.05) is 32.8 Å². The Balaban J connectivity index is 2.38. The molecule has 0 spiro atoms. The van der Waals surface area contributed by atoms with Crippen LogP contribution in [0.15, 0.2) is 35.5 Å². The lowest BCUT2D eigenvalue weighted by atomic mass is 9.83. The third-order valence-electron chi connectivity index (χ3n) is 5.13. The van der Waals surface area contributed by atoms with E-state index in [9.17, 15) is 13.6 Å². The van der Waals surface area contributed by atoms with Gasteiger partial charge in [-0.15, -0.1) is 0 Å². The molecule has 6 N–H and O–H groups in total. The second-order valence-electron chi connectivity index (χ2n) is 7.20. The predicted octanol–water partition coefficient (Wildman–Crippen LogP) is 3.34. The van der Waals surface area contributed by atoms with E-state index in [-0.39, 0.29) is 17.2 Å². The first kappa shape index (κ1) is 21.9. The Morgan fingerprint density at radius 2 is 1.93 bits per heavy atom. The van der Waals surface area contributed by atoms with Gasteiger partial charge in [0.2, 0.25) is 5.91 Å². The Bertz CT molecular complexity index is 757. The molecule has 2 unspecified atom stereocenters. The molecule has 0 radical (unpaired) electrons. The number of carbonyl (C=O) groups excluding carboxylic acids is 1. The number of nitrogens with two attached hydrogens (primary N) is 3. The first-order valence-electron chi connectivity index (χ1n) is 9.63. The molecular weight excluding hydrogens is 364 g/mol. The second kappa shape index (κ2) is 9.68. The Kier molecular flexibility index (Phi) is 7.57. The minimum atomic E-state index is -0.736. The van der Waals surface area contributed by atoms with E-state index in [1.54, 1.807) is 0 Å². The van der Waals surface area contributed by atoms with Crippen LogP contribution in [0.4, 0.5) is 8.78 Å². The molecule has 1 aliphatic carbocycles. The molecular formula is C21H29F2N3O2. The van der Waals surface area contributed by atoms with Gasteiger partial charge in [-0.05, 0) is 49.0 Å². The van der Waals surface area contributed by atoms with E-state index in [0.29, 0.717) is 30.5 Å². The van der Waals surface area contributed by atoms with Crippen LogP contribution < -0.4 is 17.2 Å². The van der Waals surface area contributed by atoms with Crippen molar-refractivity contribution < 1.29 is 18.3 Å². The van der Waals surface area contributed by atoms with Crippen molar-refractivity contribution >= 4 is 11.6 Å². The molecule has 0 bridgehead atoms. The number of carbonyl (C=O) groups is 1. The minimum absolute atomic E-state index is 0.0379. The average molecular weight is 393 g/mol. The fourth-order valence-electron chi connectivity index (χ4n) is 3.50. The van der Waals surface area contributed by atoms with Crippen molar-refractivity contribution in [3.05, 3.63) is 52.7 Å². The van der Waals surface area contributed by atoms with Crippen molar-refractivity contribution in [2.75, 3.05) is 0 Å². The third kappa shape index (κ3) is 5.10. The number of amides is 1. The Morgan fingerprint density at radius 1 is 1.29 bits per heavy atom. The van der Waals surface area contributed by atoms with E-state index in [0.717, 1.165) is 25.0 Å². The molecule has 154 valence electrons. The number of ether oxygens (including phenoxy) is 1. The SMILES string of the molecule is CCC[C@H](OC1CC(CC)CC(/C=C(\N)c2c(F)cccc2F)=C1N)C(N)=O. The van der Waals surface area contributed by atoms with Crippen LogP contribution in [0.25, 0.3) is 5.70 Å². The van der Waals surface area contributed by atoms with Gasteiger partial charge in [0.05, 0.1) is 11.7 Å². The van der Waals surface area contributed by atoms with Gasteiger partial charge in [-0.3, -0.25) is 4.79 Å². The molecule has 1 aliphatic rings. The number of hydrogen-bond donors (Lipinski definition) is 3. The van der Waals surface area contributed by atoms with E-state index < -0.39 is 29.7 Å². The largest absolute Gasteiger partial charge is 0.400 e. The highest BCUT2D eigenvalue weighted by atomic mass is 19.1. The van der Waals surface area contributed by atoms with E-state index in [2.05, 4.69) is 0 Å². The molecule has 2 rings (SSSR count). The highest BCUT2D eigenvalue weighted by Crippen LogP contribution is 2.34. The molecule has 28 heavy (non-hydrogen) atoms. The summed E-state index contributed by atoms with van der Waals surface area (Å²) in [4.78, 5) is 11.7. The lowest BCUT2D eigenvalue weighted by Gasteiger charge is -2.32. The maximum absolute atomic E-state index is 14.0. The monoisotopic (exact) mass is 393 g/mol. The molecule has 7 heteroatoms. The van der Waals surface area contributed by atoms with Gasteiger partial charge < -0.3 is 21.9 Å². The Morgan fingerprint density at radius 3 is 2.46 bits per heavy atom. The molecule has 0 aromatic heterocycles. The van der Waals surface area contributed by atoms with Crippen molar-refractivity contribution in [3.8, 4) is 0 Å². The summed E-state index contributed by atoms with van der Waals surface area (Å²) in [7, 11) is 0. The normalized spacial score (nSPS) is 21.6. The summed E-state index contributed by atoms with van der Waals surface area (Å²) < 4.78 is 34.0. The van der Waals surface area contributed by atoms with Crippen LogP contribution in [0.1, 0.15) is 51.5 Å². The molecule has 1 amide bonds. The van der Waals surface area contributed by atoms with Crippen LogP contribution in [-0.4, -0.2) is 18.1 Å². The highest BCUT2D eigenvalue weighted by molar-refractivity contribution is 5.78. The van der Waals surface area contributed by atoms with Crippen molar-refractivity contribution in [2.24, 2.45) is 23.1 Å². The van der Waals surface area contributed by atoms with Crippen molar-refractivity contribution in [2.45, 2.75) is 58.2 Å². The van der Waals surface area contributed by atoms with Crippen LogP contribution in [0, 0.1) is 17.6 Å². The van der Waals surface area contributed by atoms with Crippen LogP contribution in [0.5, 0.6) is 0 Å². The van der Waals surface area contributed by atoms with Crippen LogP contribution >= 0.6 is 0 Å². The molecule has 0 saturated heterocycles. The number of primary amides is 1. The number of hydrogen-bond acceptors (Lipinski definition) is 4. The topological polar surface area (TPSA) is 104 Å². The molecule has 1 aromatic rings. The maximum atomic E-state index is 14.0. The first-order chi connectivity index (χ1) is 13.3. The van der Waals surface area contributed by atoms with Gasteiger partial charge in [-0.25, -0.2) is 8.78 Å². The average Bonchev–Trinajstić information content (AvgIpc) is 2.63. The first-order valence-corrected chi connectivity index (χ1v) is 9.63. The zero-order chi connectivity index (χ0) is 20.8. The second-order valence-corrected chi connectivity index (χ2v) is 7.20. The van der Waals surface area contributed by atoms with Gasteiger partial charge in [-0.2, -0.15) is 0 Å². The lowest BCUT2D eigenvalue weighted by Crippen LogP contribution is -2.39. The standard InChI is InChI=1S/C21H29F2N3O2/c1-3-6-17(21(26)27)28-18-10-12(4-2)9-13(20(18)25)11-16(24)19-14(22)7-5-8-15(19)23/h5,7-8,11-12,17-18H,3-4,6,9-10,24-25H2,1-2H3,(H2,26,27)/b16-11-/t12?,17-,18?/m0/s1. The van der Waals surface area contributed by atoms with Crippen molar-refractivity contribution in [1.29, 1.82) is 0 Å². The fourth-order valence-corrected chi connectivity index (χ4v) is 3.50. The van der Waals surface area contributed by atoms with E-state index in [4.69, 9.17) is 21.9 Å².